The van der Waals surface area contributed by atoms with E-state index in [-0.39, 0.29) is 0 Å². The summed E-state index contributed by atoms with van der Waals surface area (Å²) in [7, 11) is 0. The molecule has 0 bridgehead atoms. The molecule has 0 radical (unpaired) electrons. The summed E-state index contributed by atoms with van der Waals surface area (Å²) >= 11 is 0. The topological polar surface area (TPSA) is 52.6 Å². The summed E-state index contributed by atoms with van der Waals surface area (Å²) in [6.07, 6.45) is -10.1. The molecule has 0 rings (SSSR count). The van der Waals surface area contributed by atoms with Gasteiger partial charge in [-0.2, -0.15) is 22.0 Å². The Balaban J connectivity index is 4.44. The van der Waals surface area contributed by atoms with Crippen molar-refractivity contribution in [3.63, 3.8) is 0 Å². The monoisotopic (exact) mass is 340 g/mol. The molecule has 11 heteroatoms. The highest BCUT2D eigenvalue weighted by atomic mass is 19.4. The minimum atomic E-state index is -5.37. The second-order valence-electron chi connectivity index (χ2n) is 4.04. The van der Waals surface area contributed by atoms with Crippen LogP contribution in [0.4, 0.5) is 30.7 Å². The lowest BCUT2D eigenvalue weighted by atomic mass is 10.1. The molecule has 0 aromatic heterocycles. The summed E-state index contributed by atoms with van der Waals surface area (Å²) in [5, 5.41) is 0. The molecule has 4 nitrogen and oxygen atoms in total. The van der Waals surface area contributed by atoms with E-state index in [0.29, 0.717) is 0 Å². The molecule has 0 aromatic rings. The van der Waals surface area contributed by atoms with Crippen LogP contribution in [0.5, 0.6) is 0 Å². The second kappa shape index (κ2) is 7.45. The Labute approximate surface area is 119 Å². The quantitative estimate of drug-likeness (QED) is 0.295. The van der Waals surface area contributed by atoms with Gasteiger partial charge in [0.25, 0.3) is 5.92 Å². The molecule has 0 atom stereocenters. The van der Waals surface area contributed by atoms with E-state index < -0.39 is 56.0 Å². The molecule has 0 spiro atoms. The number of carbonyl (C=O) groups is 2. The van der Waals surface area contributed by atoms with Gasteiger partial charge in [0.15, 0.2) is 0 Å². The van der Waals surface area contributed by atoms with Crippen molar-refractivity contribution in [3.8, 4) is 0 Å². The zero-order chi connectivity index (χ0) is 17.6. The van der Waals surface area contributed by atoms with E-state index in [1.54, 1.807) is 0 Å². The molecule has 0 aromatic carbocycles. The Hall–Kier alpha value is -1.81. The van der Waals surface area contributed by atoms with Gasteiger partial charge in [-0.1, -0.05) is 6.58 Å². The van der Waals surface area contributed by atoms with Crippen molar-refractivity contribution in [2.45, 2.75) is 30.9 Å². The molecule has 0 unspecified atom stereocenters. The summed E-state index contributed by atoms with van der Waals surface area (Å²) < 4.78 is 95.3. The van der Waals surface area contributed by atoms with Crippen LogP contribution in [0.1, 0.15) is 12.8 Å². The second-order valence-corrected chi connectivity index (χ2v) is 4.04. The fourth-order valence-corrected chi connectivity index (χ4v) is 1.19. The number of esters is 2. The Morgan fingerprint density at radius 1 is 0.909 bits per heavy atom. The standard InChI is InChI=1S/C11H11F7O4/c1-2-7(19)21-3-4-22-8(20)10(14,15)5-9(12,13)6-11(16,17)18/h2H,1,3-6H2. The average Bonchev–Trinajstić information content (AvgIpc) is 2.29. The van der Waals surface area contributed by atoms with Crippen molar-refractivity contribution in [2.75, 3.05) is 13.2 Å². The van der Waals surface area contributed by atoms with Crippen LogP contribution in [-0.2, 0) is 19.1 Å². The summed E-state index contributed by atoms with van der Waals surface area (Å²) in [5.41, 5.74) is 0. The van der Waals surface area contributed by atoms with Gasteiger partial charge in [-0.25, -0.2) is 18.4 Å². The van der Waals surface area contributed by atoms with Crippen molar-refractivity contribution >= 4 is 11.9 Å². The van der Waals surface area contributed by atoms with Crippen LogP contribution < -0.4 is 0 Å². The average molecular weight is 340 g/mol. The first-order valence-electron chi connectivity index (χ1n) is 5.58. The van der Waals surface area contributed by atoms with Gasteiger partial charge >= 0.3 is 24.0 Å². The molecule has 0 aliphatic heterocycles. The number of rotatable bonds is 8. The maximum Gasteiger partial charge on any atom is 0.394 e. The third-order valence-electron chi connectivity index (χ3n) is 1.97. The number of halogens is 7. The number of carbonyl (C=O) groups excluding carboxylic acids is 2. The van der Waals surface area contributed by atoms with Crippen LogP contribution in [0.2, 0.25) is 0 Å². The Kier molecular flexibility index (Phi) is 6.84. The van der Waals surface area contributed by atoms with Crippen molar-refractivity contribution in [2.24, 2.45) is 0 Å². The van der Waals surface area contributed by atoms with Crippen LogP contribution in [0, 0.1) is 0 Å². The third-order valence-corrected chi connectivity index (χ3v) is 1.97. The van der Waals surface area contributed by atoms with Gasteiger partial charge in [0.1, 0.15) is 19.6 Å². The zero-order valence-corrected chi connectivity index (χ0v) is 10.9. The maximum atomic E-state index is 13.1. The molecular formula is C11H11F7O4. The fraction of sp³-hybridized carbons (Fsp3) is 0.636. The largest absolute Gasteiger partial charge is 0.459 e. The van der Waals surface area contributed by atoms with Gasteiger partial charge in [-0.3, -0.25) is 0 Å². The SMILES string of the molecule is C=CC(=O)OCCOC(=O)C(F)(F)CC(F)(F)CC(F)(F)F. The number of ether oxygens (including phenoxy) is 2. The van der Waals surface area contributed by atoms with Crippen molar-refractivity contribution < 1.29 is 49.8 Å². The van der Waals surface area contributed by atoms with E-state index in [1.807, 2.05) is 0 Å². The van der Waals surface area contributed by atoms with E-state index in [4.69, 9.17) is 0 Å². The van der Waals surface area contributed by atoms with E-state index in [2.05, 4.69) is 16.1 Å². The van der Waals surface area contributed by atoms with Crippen molar-refractivity contribution in [1.29, 1.82) is 0 Å². The lowest BCUT2D eigenvalue weighted by Gasteiger charge is -2.22. The van der Waals surface area contributed by atoms with Gasteiger partial charge in [-0.15, -0.1) is 0 Å². The van der Waals surface area contributed by atoms with Gasteiger partial charge in [0.2, 0.25) is 0 Å². The molecule has 0 saturated heterocycles. The highest BCUT2D eigenvalue weighted by Crippen LogP contribution is 2.39. The van der Waals surface area contributed by atoms with Gasteiger partial charge in [0.05, 0.1) is 6.42 Å². The van der Waals surface area contributed by atoms with Crippen LogP contribution >= 0.6 is 0 Å². The van der Waals surface area contributed by atoms with Crippen LogP contribution in [0.25, 0.3) is 0 Å². The third kappa shape index (κ3) is 8.47. The smallest absolute Gasteiger partial charge is 0.394 e. The van der Waals surface area contributed by atoms with E-state index in [9.17, 15) is 40.3 Å². The Bertz CT molecular complexity index is 417. The first-order valence-corrected chi connectivity index (χ1v) is 5.58. The maximum absolute atomic E-state index is 13.1. The molecule has 0 aliphatic rings. The first-order chi connectivity index (χ1) is 9.79. The molecule has 0 amide bonds. The van der Waals surface area contributed by atoms with Crippen LogP contribution in [0.3, 0.4) is 0 Å². The summed E-state index contributed by atoms with van der Waals surface area (Å²) in [6, 6.07) is 0. The fourth-order valence-electron chi connectivity index (χ4n) is 1.19. The molecule has 0 saturated carbocycles. The summed E-state index contributed by atoms with van der Waals surface area (Å²) in [4.78, 5) is 21.4. The number of hydrogen-bond donors (Lipinski definition) is 0. The van der Waals surface area contributed by atoms with E-state index >= 15 is 0 Å². The van der Waals surface area contributed by atoms with Crippen molar-refractivity contribution in [1.82, 2.24) is 0 Å². The van der Waals surface area contributed by atoms with E-state index in [0.717, 1.165) is 6.08 Å². The molecule has 0 aliphatic carbocycles. The molecule has 128 valence electrons. The van der Waals surface area contributed by atoms with Gasteiger partial charge < -0.3 is 9.47 Å². The highest BCUT2D eigenvalue weighted by molar-refractivity contribution is 5.81. The lowest BCUT2D eigenvalue weighted by Crippen LogP contribution is -2.40. The molecular weight excluding hydrogens is 329 g/mol. The minimum absolute atomic E-state index is 0.647. The predicted octanol–water partition coefficient (Wildman–Crippen LogP) is 2.87. The molecule has 22 heavy (non-hydrogen) atoms. The number of hydrogen-bond acceptors (Lipinski definition) is 4. The van der Waals surface area contributed by atoms with Crippen LogP contribution in [-0.4, -0.2) is 43.2 Å². The number of alkyl halides is 7. The van der Waals surface area contributed by atoms with E-state index in [1.165, 1.54) is 0 Å². The predicted molar refractivity (Wildman–Crippen MR) is 57.3 cm³/mol. The molecule has 0 heterocycles. The first kappa shape index (κ1) is 20.2. The lowest BCUT2D eigenvalue weighted by molar-refractivity contribution is -0.214. The highest BCUT2D eigenvalue weighted by Gasteiger charge is 2.54. The Morgan fingerprint density at radius 3 is 1.86 bits per heavy atom. The summed E-state index contributed by atoms with van der Waals surface area (Å²) in [6.45, 7) is 1.48. The van der Waals surface area contributed by atoms with Gasteiger partial charge in [-0.05, 0) is 0 Å². The van der Waals surface area contributed by atoms with Gasteiger partial charge in [0, 0.05) is 6.08 Å². The zero-order valence-electron chi connectivity index (χ0n) is 10.9. The molecule has 0 fully saturated rings. The summed E-state index contributed by atoms with van der Waals surface area (Å²) in [5.74, 6) is -13.0. The Morgan fingerprint density at radius 2 is 1.41 bits per heavy atom. The van der Waals surface area contributed by atoms with Crippen molar-refractivity contribution in [3.05, 3.63) is 12.7 Å². The van der Waals surface area contributed by atoms with Crippen LogP contribution in [0.15, 0.2) is 12.7 Å². The minimum Gasteiger partial charge on any atom is -0.459 e. The molecule has 0 N–H and O–H groups in total. The normalized spacial score (nSPS) is 12.7.